The second kappa shape index (κ2) is 4.96. The quantitative estimate of drug-likeness (QED) is 0.815. The maximum absolute atomic E-state index is 13.3. The lowest BCUT2D eigenvalue weighted by atomic mass is 10.2. The van der Waals surface area contributed by atoms with Gasteiger partial charge in [-0.25, -0.2) is 4.39 Å². The van der Waals surface area contributed by atoms with Crippen LogP contribution in [0.15, 0.2) is 36.4 Å². The number of nitrogen functional groups attached to an aromatic ring is 1. The van der Waals surface area contributed by atoms with Gasteiger partial charge >= 0.3 is 0 Å². The van der Waals surface area contributed by atoms with Crippen molar-refractivity contribution in [3.05, 3.63) is 47.8 Å². The normalized spacial score (nSPS) is 10.2. The number of halogens is 1. The molecule has 0 atom stereocenters. The highest BCUT2D eigenvalue weighted by Crippen LogP contribution is 2.29. The lowest BCUT2D eigenvalue weighted by Gasteiger charge is -2.12. The summed E-state index contributed by atoms with van der Waals surface area (Å²) in [5.74, 6) is 0.268. The molecule has 0 bridgehead atoms. The van der Waals surface area contributed by atoms with Crippen molar-refractivity contribution in [1.29, 1.82) is 0 Å². The SMILES string of the molecule is COc1ccc(C)cc1Nc1ccc(N)c(F)c1. The Morgan fingerprint density at radius 2 is 1.94 bits per heavy atom. The summed E-state index contributed by atoms with van der Waals surface area (Å²) in [6.07, 6.45) is 0. The highest BCUT2D eigenvalue weighted by Gasteiger charge is 2.05. The summed E-state index contributed by atoms with van der Waals surface area (Å²) in [6.45, 7) is 1.98. The van der Waals surface area contributed by atoms with E-state index in [1.807, 2.05) is 25.1 Å². The molecule has 4 heteroatoms. The number of hydrogen-bond donors (Lipinski definition) is 2. The summed E-state index contributed by atoms with van der Waals surface area (Å²) in [5, 5.41) is 3.11. The van der Waals surface area contributed by atoms with Crippen LogP contribution in [0, 0.1) is 12.7 Å². The van der Waals surface area contributed by atoms with Crippen LogP contribution in [0.1, 0.15) is 5.56 Å². The first-order chi connectivity index (χ1) is 8.60. The fraction of sp³-hybridized carbons (Fsp3) is 0.143. The van der Waals surface area contributed by atoms with Crippen LogP contribution in [0.4, 0.5) is 21.5 Å². The lowest BCUT2D eigenvalue weighted by molar-refractivity contribution is 0.416. The molecule has 2 aromatic carbocycles. The van der Waals surface area contributed by atoms with E-state index in [0.717, 1.165) is 11.3 Å². The van der Waals surface area contributed by atoms with Crippen molar-refractivity contribution in [2.24, 2.45) is 0 Å². The number of aryl methyl sites for hydroxylation is 1. The molecular weight excluding hydrogens is 231 g/mol. The number of hydrogen-bond acceptors (Lipinski definition) is 3. The van der Waals surface area contributed by atoms with E-state index in [0.29, 0.717) is 11.4 Å². The van der Waals surface area contributed by atoms with Crippen LogP contribution in [0.5, 0.6) is 5.75 Å². The Hall–Kier alpha value is -2.23. The minimum Gasteiger partial charge on any atom is -0.495 e. The van der Waals surface area contributed by atoms with Gasteiger partial charge in [-0.2, -0.15) is 0 Å². The van der Waals surface area contributed by atoms with Crippen molar-refractivity contribution in [2.75, 3.05) is 18.2 Å². The number of benzene rings is 2. The number of nitrogens with one attached hydrogen (secondary N) is 1. The Morgan fingerprint density at radius 3 is 2.61 bits per heavy atom. The van der Waals surface area contributed by atoms with Gasteiger partial charge in [0.1, 0.15) is 11.6 Å². The molecule has 0 saturated carbocycles. The molecule has 0 amide bonds. The lowest BCUT2D eigenvalue weighted by Crippen LogP contribution is -1.97. The number of rotatable bonds is 3. The van der Waals surface area contributed by atoms with Gasteiger partial charge in [0, 0.05) is 5.69 Å². The molecule has 0 heterocycles. The highest BCUT2D eigenvalue weighted by atomic mass is 19.1. The second-order valence-electron chi connectivity index (χ2n) is 4.07. The van der Waals surface area contributed by atoms with Gasteiger partial charge in [0.15, 0.2) is 0 Å². The second-order valence-corrected chi connectivity index (χ2v) is 4.07. The summed E-state index contributed by atoms with van der Waals surface area (Å²) in [6, 6.07) is 10.4. The molecule has 0 aromatic heterocycles. The molecule has 0 radical (unpaired) electrons. The molecule has 3 nitrogen and oxygen atoms in total. The molecule has 0 aliphatic carbocycles. The van der Waals surface area contributed by atoms with E-state index in [2.05, 4.69) is 5.32 Å². The van der Waals surface area contributed by atoms with Crippen LogP contribution in [0.25, 0.3) is 0 Å². The smallest absolute Gasteiger partial charge is 0.148 e. The van der Waals surface area contributed by atoms with E-state index in [9.17, 15) is 4.39 Å². The summed E-state index contributed by atoms with van der Waals surface area (Å²) in [5.41, 5.74) is 8.09. The van der Waals surface area contributed by atoms with Crippen molar-refractivity contribution in [3.63, 3.8) is 0 Å². The van der Waals surface area contributed by atoms with Crippen molar-refractivity contribution < 1.29 is 9.13 Å². The summed E-state index contributed by atoms with van der Waals surface area (Å²) < 4.78 is 18.6. The highest BCUT2D eigenvalue weighted by molar-refractivity contribution is 5.68. The standard InChI is InChI=1S/C14H15FN2O/c1-9-3-6-14(18-2)13(7-9)17-10-4-5-12(16)11(15)8-10/h3-8,17H,16H2,1-2H3. The first kappa shape index (κ1) is 12.2. The Labute approximate surface area is 105 Å². The monoisotopic (exact) mass is 246 g/mol. The van der Waals surface area contributed by atoms with Gasteiger partial charge in [-0.05, 0) is 42.8 Å². The van der Waals surface area contributed by atoms with Gasteiger partial charge in [-0.1, -0.05) is 6.07 Å². The molecule has 18 heavy (non-hydrogen) atoms. The number of methoxy groups -OCH3 is 1. The van der Waals surface area contributed by atoms with Crippen LogP contribution in [-0.2, 0) is 0 Å². The summed E-state index contributed by atoms with van der Waals surface area (Å²) >= 11 is 0. The van der Waals surface area contributed by atoms with E-state index in [1.165, 1.54) is 12.1 Å². The number of anilines is 3. The Morgan fingerprint density at radius 1 is 1.17 bits per heavy atom. The molecule has 2 aromatic rings. The largest absolute Gasteiger partial charge is 0.495 e. The van der Waals surface area contributed by atoms with Crippen LogP contribution in [0.3, 0.4) is 0 Å². The summed E-state index contributed by atoms with van der Waals surface area (Å²) in [7, 11) is 1.60. The molecule has 3 N–H and O–H groups in total. The van der Waals surface area contributed by atoms with E-state index < -0.39 is 5.82 Å². The Balaban J connectivity index is 2.33. The maximum atomic E-state index is 13.3. The van der Waals surface area contributed by atoms with Gasteiger partial charge in [-0.15, -0.1) is 0 Å². The molecule has 94 valence electrons. The Bertz CT molecular complexity index is 570. The van der Waals surface area contributed by atoms with Gasteiger partial charge in [-0.3, -0.25) is 0 Å². The molecule has 0 aliphatic rings. The first-order valence-electron chi connectivity index (χ1n) is 5.57. The molecule has 0 aliphatic heterocycles. The van der Waals surface area contributed by atoms with Crippen LogP contribution < -0.4 is 15.8 Å². The zero-order valence-electron chi connectivity index (χ0n) is 10.3. The van der Waals surface area contributed by atoms with Gasteiger partial charge in [0.2, 0.25) is 0 Å². The van der Waals surface area contributed by atoms with Crippen LogP contribution in [0.2, 0.25) is 0 Å². The predicted molar refractivity (Wildman–Crippen MR) is 71.8 cm³/mol. The van der Waals surface area contributed by atoms with Crippen molar-refractivity contribution in [2.45, 2.75) is 6.92 Å². The van der Waals surface area contributed by atoms with Crippen LogP contribution in [-0.4, -0.2) is 7.11 Å². The zero-order valence-corrected chi connectivity index (χ0v) is 10.3. The van der Waals surface area contributed by atoms with Crippen molar-refractivity contribution in [1.82, 2.24) is 0 Å². The van der Waals surface area contributed by atoms with E-state index in [-0.39, 0.29) is 5.69 Å². The van der Waals surface area contributed by atoms with Crippen molar-refractivity contribution >= 4 is 17.1 Å². The summed E-state index contributed by atoms with van der Waals surface area (Å²) in [4.78, 5) is 0. The fourth-order valence-corrected chi connectivity index (χ4v) is 1.68. The molecule has 2 rings (SSSR count). The molecule has 0 saturated heterocycles. The van der Waals surface area contributed by atoms with Gasteiger partial charge in [0.05, 0.1) is 18.5 Å². The minimum absolute atomic E-state index is 0.136. The minimum atomic E-state index is -0.438. The average molecular weight is 246 g/mol. The van der Waals surface area contributed by atoms with E-state index in [1.54, 1.807) is 13.2 Å². The predicted octanol–water partition coefficient (Wildman–Crippen LogP) is 3.47. The molecular formula is C14H15FN2O. The fourth-order valence-electron chi connectivity index (χ4n) is 1.68. The van der Waals surface area contributed by atoms with Gasteiger partial charge < -0.3 is 15.8 Å². The topological polar surface area (TPSA) is 47.3 Å². The van der Waals surface area contributed by atoms with Gasteiger partial charge in [0.25, 0.3) is 0 Å². The zero-order chi connectivity index (χ0) is 13.1. The third kappa shape index (κ3) is 2.53. The third-order valence-corrected chi connectivity index (χ3v) is 2.63. The van der Waals surface area contributed by atoms with Crippen LogP contribution >= 0.6 is 0 Å². The Kier molecular flexibility index (Phi) is 3.37. The number of nitrogens with two attached hydrogens (primary N) is 1. The van der Waals surface area contributed by atoms with E-state index >= 15 is 0 Å². The van der Waals surface area contributed by atoms with Crippen molar-refractivity contribution in [3.8, 4) is 5.75 Å². The maximum Gasteiger partial charge on any atom is 0.148 e. The third-order valence-electron chi connectivity index (χ3n) is 2.63. The molecule has 0 unspecified atom stereocenters. The molecule has 0 spiro atoms. The van der Waals surface area contributed by atoms with E-state index in [4.69, 9.17) is 10.5 Å². The first-order valence-corrected chi connectivity index (χ1v) is 5.57. The average Bonchev–Trinajstić information content (AvgIpc) is 2.34. The molecule has 0 fully saturated rings. The number of ether oxygens (including phenoxy) is 1.